The summed E-state index contributed by atoms with van der Waals surface area (Å²) in [4.78, 5) is 15.4. The van der Waals surface area contributed by atoms with Crippen molar-refractivity contribution in [1.29, 1.82) is 0 Å². The molecular weight excluding hydrogens is 438 g/mol. The molecule has 0 radical (unpaired) electrons. The monoisotopic (exact) mass is 463 g/mol. The lowest BCUT2D eigenvalue weighted by Gasteiger charge is -2.22. The number of para-hydroxylation sites is 1. The van der Waals surface area contributed by atoms with Crippen molar-refractivity contribution >= 4 is 17.4 Å². The number of carbonyl (C=O) groups is 1. The van der Waals surface area contributed by atoms with Gasteiger partial charge in [0.25, 0.3) is 5.91 Å². The quantitative estimate of drug-likeness (QED) is 0.371. The minimum absolute atomic E-state index is 0.179. The van der Waals surface area contributed by atoms with E-state index < -0.39 is 12.0 Å². The second-order valence-corrected chi connectivity index (χ2v) is 8.37. The summed E-state index contributed by atoms with van der Waals surface area (Å²) in [6, 6.07) is 15.6. The number of aliphatic hydroxyl groups is 1. The van der Waals surface area contributed by atoms with Gasteiger partial charge in [-0.3, -0.25) is 4.79 Å². The highest BCUT2D eigenvalue weighted by Gasteiger charge is 2.19. The summed E-state index contributed by atoms with van der Waals surface area (Å²) < 4.78 is 11.9. The first-order valence-electron chi connectivity index (χ1n) is 10.6. The van der Waals surface area contributed by atoms with E-state index in [2.05, 4.69) is 14.6 Å². The number of ether oxygens (including phenoxy) is 1. The lowest BCUT2D eigenvalue weighted by molar-refractivity contribution is 0.0994. The highest BCUT2D eigenvalue weighted by Crippen LogP contribution is 2.28. The fraction of sp³-hybridized carbons (Fsp3) is 0.250. The lowest BCUT2D eigenvalue weighted by atomic mass is 10.0. The number of hydrogen-bond donors (Lipinski definition) is 2. The molecule has 2 atom stereocenters. The predicted octanol–water partition coefficient (Wildman–Crippen LogP) is 3.63. The van der Waals surface area contributed by atoms with Crippen LogP contribution in [0.5, 0.6) is 5.75 Å². The first-order valence-corrected chi connectivity index (χ1v) is 11.4. The standard InChI is InChI=1S/C24H25N5O3S/c1-16(30)22(29-12-20(24(25)31)26-15-29)11-10-17-6-3-5-9-23(17)32-13-18-7-2-4-8-19(18)21-14-33-28-27-21/h2-9,12,14-16,22,30H,10-11,13H2,1H3,(H2,25,31). The van der Waals surface area contributed by atoms with Crippen molar-refractivity contribution in [3.05, 3.63) is 83.3 Å². The van der Waals surface area contributed by atoms with E-state index in [1.54, 1.807) is 17.7 Å². The van der Waals surface area contributed by atoms with Crippen LogP contribution < -0.4 is 10.5 Å². The molecule has 0 saturated heterocycles. The first kappa shape index (κ1) is 22.6. The number of primary amides is 1. The average Bonchev–Trinajstić information content (AvgIpc) is 3.51. The van der Waals surface area contributed by atoms with Crippen LogP contribution in [0.1, 0.15) is 41.0 Å². The maximum atomic E-state index is 11.4. The number of nitrogens with two attached hydrogens (primary N) is 1. The van der Waals surface area contributed by atoms with Crippen molar-refractivity contribution in [2.45, 2.75) is 38.5 Å². The molecule has 0 aliphatic carbocycles. The Bertz CT molecular complexity index is 1210. The Balaban J connectivity index is 1.47. The molecule has 2 aromatic carbocycles. The van der Waals surface area contributed by atoms with Crippen molar-refractivity contribution in [2.24, 2.45) is 5.73 Å². The number of hydrogen-bond acceptors (Lipinski definition) is 7. The maximum absolute atomic E-state index is 11.4. The van der Waals surface area contributed by atoms with E-state index in [1.807, 2.05) is 53.9 Å². The molecule has 0 saturated carbocycles. The minimum atomic E-state index is -0.633. The van der Waals surface area contributed by atoms with E-state index in [0.717, 1.165) is 28.1 Å². The second kappa shape index (κ2) is 10.4. The normalized spacial score (nSPS) is 12.9. The molecule has 33 heavy (non-hydrogen) atoms. The van der Waals surface area contributed by atoms with Crippen LogP contribution in [0, 0.1) is 0 Å². The van der Waals surface area contributed by atoms with Gasteiger partial charge < -0.3 is 20.1 Å². The van der Waals surface area contributed by atoms with Crippen LogP contribution in [0.4, 0.5) is 0 Å². The van der Waals surface area contributed by atoms with E-state index >= 15 is 0 Å². The number of rotatable bonds is 10. The molecule has 1 amide bonds. The predicted molar refractivity (Wildman–Crippen MR) is 126 cm³/mol. The summed E-state index contributed by atoms with van der Waals surface area (Å²) in [5.74, 6) is 0.196. The molecule has 0 aliphatic rings. The zero-order chi connectivity index (χ0) is 23.2. The van der Waals surface area contributed by atoms with Crippen molar-refractivity contribution in [3.63, 3.8) is 0 Å². The third-order valence-electron chi connectivity index (χ3n) is 5.51. The highest BCUT2D eigenvalue weighted by atomic mass is 32.1. The SMILES string of the molecule is CC(O)C(CCc1ccccc1OCc1ccccc1-c1csnn1)n1cnc(C(N)=O)c1. The fourth-order valence-corrected chi connectivity index (χ4v) is 4.23. The summed E-state index contributed by atoms with van der Waals surface area (Å²) in [6.07, 6.45) is 3.78. The summed E-state index contributed by atoms with van der Waals surface area (Å²) >= 11 is 1.32. The van der Waals surface area contributed by atoms with Crippen molar-refractivity contribution < 1.29 is 14.6 Å². The molecule has 9 heteroatoms. The van der Waals surface area contributed by atoms with E-state index in [1.165, 1.54) is 17.9 Å². The number of nitrogens with zero attached hydrogens (tertiary/aromatic N) is 4. The summed E-state index contributed by atoms with van der Waals surface area (Å²) in [5, 5.41) is 16.4. The van der Waals surface area contributed by atoms with Gasteiger partial charge in [0.1, 0.15) is 23.7 Å². The van der Waals surface area contributed by atoms with Crippen LogP contribution in [-0.4, -0.2) is 36.3 Å². The molecule has 2 heterocycles. The zero-order valence-electron chi connectivity index (χ0n) is 18.2. The largest absolute Gasteiger partial charge is 0.489 e. The van der Waals surface area contributed by atoms with Crippen LogP contribution in [0.15, 0.2) is 66.4 Å². The maximum Gasteiger partial charge on any atom is 0.268 e. The summed E-state index contributed by atoms with van der Waals surface area (Å²) in [5.41, 5.74) is 9.39. The molecule has 3 N–H and O–H groups in total. The van der Waals surface area contributed by atoms with Gasteiger partial charge in [-0.15, -0.1) is 5.10 Å². The summed E-state index contributed by atoms with van der Waals surface area (Å²) in [6.45, 7) is 2.12. The van der Waals surface area contributed by atoms with Gasteiger partial charge in [-0.25, -0.2) is 4.98 Å². The van der Waals surface area contributed by atoms with E-state index in [0.29, 0.717) is 19.4 Å². The molecule has 2 aromatic heterocycles. The van der Waals surface area contributed by atoms with Crippen molar-refractivity contribution in [2.75, 3.05) is 0 Å². The van der Waals surface area contributed by atoms with E-state index in [4.69, 9.17) is 10.5 Å². The molecule has 0 fully saturated rings. The average molecular weight is 464 g/mol. The zero-order valence-corrected chi connectivity index (χ0v) is 19.0. The number of aryl methyl sites for hydroxylation is 1. The van der Waals surface area contributed by atoms with Gasteiger partial charge >= 0.3 is 0 Å². The molecular formula is C24H25N5O3S. The first-order chi connectivity index (χ1) is 16.0. The van der Waals surface area contributed by atoms with Crippen LogP contribution in [0.3, 0.4) is 0 Å². The van der Waals surface area contributed by atoms with Crippen LogP contribution in [0.2, 0.25) is 0 Å². The molecule has 170 valence electrons. The molecule has 8 nitrogen and oxygen atoms in total. The third kappa shape index (κ3) is 5.44. The molecule has 4 aromatic rings. The van der Waals surface area contributed by atoms with Crippen LogP contribution in [-0.2, 0) is 13.0 Å². The number of carbonyl (C=O) groups excluding carboxylic acids is 1. The highest BCUT2D eigenvalue weighted by molar-refractivity contribution is 7.03. The molecule has 4 rings (SSSR count). The van der Waals surface area contributed by atoms with Gasteiger partial charge in [0.2, 0.25) is 0 Å². The topological polar surface area (TPSA) is 116 Å². The van der Waals surface area contributed by atoms with Gasteiger partial charge in [0.05, 0.1) is 18.5 Å². The Kier molecular flexibility index (Phi) is 7.11. The number of benzene rings is 2. The molecule has 0 aliphatic heterocycles. The smallest absolute Gasteiger partial charge is 0.268 e. The van der Waals surface area contributed by atoms with Crippen LogP contribution >= 0.6 is 11.5 Å². The number of imidazole rings is 1. The molecule has 0 bridgehead atoms. The van der Waals surface area contributed by atoms with Gasteiger partial charge in [-0.1, -0.05) is 47.0 Å². The van der Waals surface area contributed by atoms with Crippen LogP contribution in [0.25, 0.3) is 11.3 Å². The Morgan fingerprint density at radius 3 is 2.64 bits per heavy atom. The summed E-state index contributed by atoms with van der Waals surface area (Å²) in [7, 11) is 0. The second-order valence-electron chi connectivity index (χ2n) is 7.76. The van der Waals surface area contributed by atoms with E-state index in [-0.39, 0.29) is 11.7 Å². The molecule has 2 unspecified atom stereocenters. The van der Waals surface area contributed by atoms with Crippen molar-refractivity contribution in [3.8, 4) is 17.0 Å². The van der Waals surface area contributed by atoms with Crippen molar-refractivity contribution in [1.82, 2.24) is 19.1 Å². The van der Waals surface area contributed by atoms with Gasteiger partial charge in [0, 0.05) is 17.1 Å². The number of aliphatic hydroxyl groups excluding tert-OH is 1. The van der Waals surface area contributed by atoms with Gasteiger partial charge in [-0.05, 0) is 48.5 Å². The van der Waals surface area contributed by atoms with E-state index in [9.17, 15) is 9.90 Å². The van der Waals surface area contributed by atoms with Gasteiger partial charge in [-0.2, -0.15) is 0 Å². The Morgan fingerprint density at radius 1 is 1.18 bits per heavy atom. The third-order valence-corrected chi connectivity index (χ3v) is 6.02. The Morgan fingerprint density at radius 2 is 1.94 bits per heavy atom. The van der Waals surface area contributed by atoms with Gasteiger partial charge in [0.15, 0.2) is 0 Å². The minimum Gasteiger partial charge on any atom is -0.489 e. The lowest BCUT2D eigenvalue weighted by Crippen LogP contribution is -2.21. The fourth-order valence-electron chi connectivity index (χ4n) is 3.77. The number of amides is 1. The Hall–Kier alpha value is -3.56. The Labute approximate surface area is 195 Å². The number of aromatic nitrogens is 4. The molecule has 0 spiro atoms.